The lowest BCUT2D eigenvalue weighted by molar-refractivity contribution is 0.348. The Morgan fingerprint density at radius 2 is 2.15 bits per heavy atom. The van der Waals surface area contributed by atoms with Crippen molar-refractivity contribution >= 4 is 27.4 Å². The molecule has 0 amide bonds. The van der Waals surface area contributed by atoms with Crippen LogP contribution in [-0.4, -0.2) is 20.2 Å². The smallest absolute Gasteiger partial charge is 0.266 e. The molecule has 2 heterocycles. The summed E-state index contributed by atoms with van der Waals surface area (Å²) in [7, 11) is -3.83. The summed E-state index contributed by atoms with van der Waals surface area (Å²) in [6.45, 7) is 2.12. The molecule has 3 rings (SSSR count). The summed E-state index contributed by atoms with van der Waals surface area (Å²) in [6, 6.07) is 4.56. The number of aromatic nitrogens is 1. The van der Waals surface area contributed by atoms with Crippen LogP contribution in [0.3, 0.4) is 0 Å². The number of ether oxygens (including phenoxy) is 1. The topological polar surface area (TPSA) is 81.4 Å². The Hall–Kier alpha value is -1.73. The fourth-order valence-electron chi connectivity index (χ4n) is 2.04. The maximum Gasteiger partial charge on any atom is 0.266 e. The lowest BCUT2D eigenvalue weighted by atomic mass is 10.2. The molecule has 0 spiro atoms. The van der Waals surface area contributed by atoms with Gasteiger partial charge in [-0.1, -0.05) is 16.8 Å². The Balaban J connectivity index is 2.03. The molecule has 0 atom stereocenters. The molecular formula is C12H11ClN2O4S. The van der Waals surface area contributed by atoms with Crippen molar-refractivity contribution in [1.82, 2.24) is 5.16 Å². The fourth-order valence-corrected chi connectivity index (χ4v) is 3.55. The van der Waals surface area contributed by atoms with Crippen LogP contribution in [0, 0.1) is 6.92 Å². The van der Waals surface area contributed by atoms with E-state index in [0.29, 0.717) is 29.6 Å². The van der Waals surface area contributed by atoms with Gasteiger partial charge in [0.05, 0.1) is 6.61 Å². The van der Waals surface area contributed by atoms with E-state index in [1.165, 1.54) is 12.1 Å². The van der Waals surface area contributed by atoms with Gasteiger partial charge < -0.3 is 9.26 Å². The number of hydrogen-bond acceptors (Lipinski definition) is 5. The maximum absolute atomic E-state index is 12.4. The Bertz CT molecular complexity index is 770. The molecule has 20 heavy (non-hydrogen) atoms. The number of sulfonamides is 1. The van der Waals surface area contributed by atoms with Crippen LogP contribution in [-0.2, 0) is 16.4 Å². The number of benzene rings is 1. The summed E-state index contributed by atoms with van der Waals surface area (Å²) in [4.78, 5) is 0.0122. The van der Waals surface area contributed by atoms with E-state index in [2.05, 4.69) is 9.88 Å². The maximum atomic E-state index is 12.4. The van der Waals surface area contributed by atoms with Gasteiger partial charge in [-0.25, -0.2) is 8.42 Å². The van der Waals surface area contributed by atoms with E-state index in [1.54, 1.807) is 13.0 Å². The van der Waals surface area contributed by atoms with Crippen molar-refractivity contribution in [3.8, 4) is 5.75 Å². The van der Waals surface area contributed by atoms with Gasteiger partial charge in [-0.05, 0) is 19.1 Å². The minimum Gasteiger partial charge on any atom is -0.492 e. The molecule has 1 aliphatic rings. The number of nitrogens with one attached hydrogen (secondary N) is 1. The lowest BCUT2D eigenvalue weighted by Gasteiger charge is -2.10. The van der Waals surface area contributed by atoms with E-state index in [1.807, 2.05) is 0 Å². The average molecular weight is 315 g/mol. The van der Waals surface area contributed by atoms with Crippen molar-refractivity contribution in [2.45, 2.75) is 18.2 Å². The highest BCUT2D eigenvalue weighted by atomic mass is 35.5. The first-order chi connectivity index (χ1) is 9.45. The normalized spacial score (nSPS) is 13.9. The number of rotatable bonds is 3. The summed E-state index contributed by atoms with van der Waals surface area (Å²) < 4.78 is 37.3. The predicted molar refractivity (Wildman–Crippen MR) is 72.7 cm³/mol. The zero-order valence-corrected chi connectivity index (χ0v) is 12.1. The number of nitrogens with zero attached hydrogens (tertiary/aromatic N) is 1. The zero-order valence-electron chi connectivity index (χ0n) is 10.5. The summed E-state index contributed by atoms with van der Waals surface area (Å²) in [5, 5.41) is 3.96. The van der Waals surface area contributed by atoms with E-state index in [0.717, 1.165) is 5.56 Å². The van der Waals surface area contributed by atoms with Gasteiger partial charge in [-0.15, -0.1) is 0 Å². The van der Waals surface area contributed by atoms with Crippen molar-refractivity contribution in [2.75, 3.05) is 11.3 Å². The minimum absolute atomic E-state index is 0.0122. The van der Waals surface area contributed by atoms with Crippen molar-refractivity contribution in [2.24, 2.45) is 0 Å². The van der Waals surface area contributed by atoms with Crippen LogP contribution < -0.4 is 9.46 Å². The van der Waals surface area contributed by atoms with Crippen molar-refractivity contribution in [3.05, 3.63) is 34.5 Å². The molecule has 0 radical (unpaired) electrons. The lowest BCUT2D eigenvalue weighted by Crippen LogP contribution is -2.14. The Morgan fingerprint density at radius 3 is 2.85 bits per heavy atom. The second-order valence-electron chi connectivity index (χ2n) is 4.42. The van der Waals surface area contributed by atoms with Gasteiger partial charge in [-0.3, -0.25) is 4.72 Å². The van der Waals surface area contributed by atoms with Crippen LogP contribution in [0.1, 0.15) is 11.3 Å². The van der Waals surface area contributed by atoms with Crippen LogP contribution in [0.4, 0.5) is 5.82 Å². The molecular weight excluding hydrogens is 304 g/mol. The van der Waals surface area contributed by atoms with Gasteiger partial charge in [0.1, 0.15) is 16.4 Å². The molecule has 0 saturated heterocycles. The summed E-state index contributed by atoms with van der Waals surface area (Å²) in [6.07, 6.45) is 0.640. The van der Waals surface area contributed by atoms with Crippen LogP contribution in [0.25, 0.3) is 0 Å². The molecule has 0 aliphatic carbocycles. The molecule has 0 saturated carbocycles. The molecule has 1 aromatic heterocycles. The fraction of sp³-hybridized carbons (Fsp3) is 0.250. The van der Waals surface area contributed by atoms with Gasteiger partial charge >= 0.3 is 0 Å². The quantitative estimate of drug-likeness (QED) is 0.940. The molecule has 8 heteroatoms. The molecule has 106 valence electrons. The second-order valence-corrected chi connectivity index (χ2v) is 6.51. The van der Waals surface area contributed by atoms with Crippen LogP contribution in [0.5, 0.6) is 5.75 Å². The van der Waals surface area contributed by atoms with Gasteiger partial charge in [0.2, 0.25) is 0 Å². The minimum atomic E-state index is -3.83. The zero-order chi connectivity index (χ0) is 14.3. The summed E-state index contributed by atoms with van der Waals surface area (Å²) >= 11 is 5.96. The molecule has 6 nitrogen and oxygen atoms in total. The number of anilines is 1. The number of hydrogen-bond donors (Lipinski definition) is 1. The first-order valence-electron chi connectivity index (χ1n) is 5.87. The van der Waals surface area contributed by atoms with Crippen LogP contribution in [0.15, 0.2) is 27.6 Å². The Labute approximate surface area is 120 Å². The van der Waals surface area contributed by atoms with Gasteiger partial charge in [0.15, 0.2) is 5.82 Å². The first-order valence-corrected chi connectivity index (χ1v) is 7.73. The Kier molecular flexibility index (Phi) is 3.10. The van der Waals surface area contributed by atoms with E-state index in [9.17, 15) is 8.42 Å². The van der Waals surface area contributed by atoms with E-state index >= 15 is 0 Å². The molecule has 1 aromatic carbocycles. The molecule has 1 aliphatic heterocycles. The highest BCUT2D eigenvalue weighted by molar-refractivity contribution is 7.92. The summed E-state index contributed by atoms with van der Waals surface area (Å²) in [5.74, 6) is 0.978. The van der Waals surface area contributed by atoms with Gasteiger partial charge in [0, 0.05) is 23.1 Å². The van der Waals surface area contributed by atoms with E-state index in [4.69, 9.17) is 20.9 Å². The molecule has 0 bridgehead atoms. The number of aryl methyl sites for hydroxylation is 1. The largest absolute Gasteiger partial charge is 0.492 e. The van der Waals surface area contributed by atoms with Crippen LogP contribution >= 0.6 is 11.6 Å². The van der Waals surface area contributed by atoms with E-state index in [-0.39, 0.29) is 10.7 Å². The summed E-state index contributed by atoms with van der Waals surface area (Å²) in [5.41, 5.74) is 0.786. The first kappa shape index (κ1) is 13.3. The molecule has 1 N–H and O–H groups in total. The van der Waals surface area contributed by atoms with Gasteiger partial charge in [0.25, 0.3) is 10.0 Å². The van der Waals surface area contributed by atoms with Crippen molar-refractivity contribution < 1.29 is 17.7 Å². The monoisotopic (exact) mass is 314 g/mol. The molecule has 0 fully saturated rings. The van der Waals surface area contributed by atoms with Crippen molar-refractivity contribution in [3.63, 3.8) is 0 Å². The highest BCUT2D eigenvalue weighted by Gasteiger charge is 2.27. The van der Waals surface area contributed by atoms with E-state index < -0.39 is 10.0 Å². The average Bonchev–Trinajstić information content (AvgIpc) is 2.96. The molecule has 0 unspecified atom stereocenters. The third-order valence-corrected chi connectivity index (χ3v) is 4.45. The predicted octanol–water partition coefficient (Wildman–Crippen LogP) is 2.37. The highest BCUT2D eigenvalue weighted by Crippen LogP contribution is 2.36. The second kappa shape index (κ2) is 4.68. The molecule has 2 aromatic rings. The third kappa shape index (κ3) is 2.34. The third-order valence-electron chi connectivity index (χ3n) is 2.87. The van der Waals surface area contributed by atoms with Gasteiger partial charge in [-0.2, -0.15) is 0 Å². The standard InChI is InChI=1S/C12H11ClN2O4S/c1-7-4-11(14-19-7)15-20(16,17)10-6-9(13)5-8-2-3-18-12(8)10/h4-6H,2-3H2,1H3,(H,14,15). The number of fused-ring (bicyclic) bond motifs is 1. The number of halogens is 1. The van der Waals surface area contributed by atoms with Crippen LogP contribution in [0.2, 0.25) is 5.02 Å². The Morgan fingerprint density at radius 1 is 1.35 bits per heavy atom. The van der Waals surface area contributed by atoms with Crippen molar-refractivity contribution in [1.29, 1.82) is 0 Å². The SMILES string of the molecule is Cc1cc(NS(=O)(=O)c2cc(Cl)cc3c2OCC3)no1.